The second-order valence-electron chi connectivity index (χ2n) is 11.0. The highest BCUT2D eigenvalue weighted by Crippen LogP contribution is 2.32. The van der Waals surface area contributed by atoms with Crippen molar-refractivity contribution in [2.45, 2.75) is 39.9 Å². The Morgan fingerprint density at radius 2 is 1.70 bits per heavy atom. The zero-order chi connectivity index (χ0) is 34.0. The average molecular weight is 651 g/mol. The molecule has 0 bridgehead atoms. The third kappa shape index (κ3) is 6.68. The van der Waals surface area contributed by atoms with E-state index in [1.165, 1.54) is 22.6 Å². The van der Waals surface area contributed by atoms with Crippen LogP contribution in [-0.4, -0.2) is 62.9 Å². The number of nitrogens with one attached hydrogen (secondary N) is 2. The molecule has 246 valence electrons. The number of carbonyl (C=O) groups is 3. The normalized spacial score (nSPS) is 13.4. The maximum atomic E-state index is 14.3. The fraction of sp³-hybridized carbons (Fsp3) is 0.303. The fourth-order valence-corrected chi connectivity index (χ4v) is 5.48. The van der Waals surface area contributed by atoms with Crippen molar-refractivity contribution in [3.63, 3.8) is 0 Å². The van der Waals surface area contributed by atoms with Crippen LogP contribution in [0, 0.1) is 13.8 Å². The van der Waals surface area contributed by atoms with E-state index < -0.39 is 29.1 Å². The monoisotopic (exact) mass is 650 g/mol. The Bertz CT molecular complexity index is 1940. The molecule has 11 nitrogen and oxygen atoms in total. The Balaban J connectivity index is 1.55. The molecule has 2 aromatic heterocycles. The number of benzene rings is 2. The summed E-state index contributed by atoms with van der Waals surface area (Å²) in [6.07, 6.45) is -3.11. The SMILES string of the molecule is C=CC(=O)Nc1cc(C(=O)N2CCOCC2)ccc1-c1c(CC)nc2n(CC(=O)Nc3ccc(C(F)(F)F)cc3)c(C)c(C)n2c1=O. The number of halogens is 3. The van der Waals surface area contributed by atoms with Crippen molar-refractivity contribution in [3.8, 4) is 11.1 Å². The van der Waals surface area contributed by atoms with Crippen LogP contribution in [0.15, 0.2) is 59.9 Å². The highest BCUT2D eigenvalue weighted by Gasteiger charge is 2.30. The molecule has 0 atom stereocenters. The molecule has 14 heteroatoms. The molecule has 2 aromatic carbocycles. The van der Waals surface area contributed by atoms with Crippen molar-refractivity contribution in [1.82, 2.24) is 18.9 Å². The number of fused-ring (bicyclic) bond motifs is 1. The van der Waals surface area contributed by atoms with Gasteiger partial charge in [-0.05, 0) is 62.7 Å². The van der Waals surface area contributed by atoms with Crippen molar-refractivity contribution in [3.05, 3.63) is 93.7 Å². The third-order valence-electron chi connectivity index (χ3n) is 8.06. The summed E-state index contributed by atoms with van der Waals surface area (Å²) in [6, 6.07) is 8.81. The van der Waals surface area contributed by atoms with Gasteiger partial charge in [-0.15, -0.1) is 0 Å². The number of hydrogen-bond donors (Lipinski definition) is 2. The third-order valence-corrected chi connectivity index (χ3v) is 8.06. The number of anilines is 2. The van der Waals surface area contributed by atoms with E-state index >= 15 is 0 Å². The van der Waals surface area contributed by atoms with Crippen LogP contribution in [-0.2, 0) is 33.5 Å². The highest BCUT2D eigenvalue weighted by atomic mass is 19.4. The van der Waals surface area contributed by atoms with Crippen LogP contribution in [0.5, 0.6) is 0 Å². The van der Waals surface area contributed by atoms with Crippen molar-refractivity contribution in [2.75, 3.05) is 36.9 Å². The van der Waals surface area contributed by atoms with E-state index in [0.717, 1.165) is 18.2 Å². The van der Waals surface area contributed by atoms with Gasteiger partial charge in [0.15, 0.2) is 0 Å². The number of imidazole rings is 1. The van der Waals surface area contributed by atoms with Gasteiger partial charge in [-0.25, -0.2) is 9.38 Å². The predicted molar refractivity (Wildman–Crippen MR) is 169 cm³/mol. The summed E-state index contributed by atoms with van der Waals surface area (Å²) in [4.78, 5) is 59.4. The van der Waals surface area contributed by atoms with E-state index in [-0.39, 0.29) is 35.2 Å². The Kier molecular flexibility index (Phi) is 9.33. The Morgan fingerprint density at radius 1 is 1.02 bits per heavy atom. The molecule has 3 heterocycles. The molecule has 1 aliphatic rings. The summed E-state index contributed by atoms with van der Waals surface area (Å²) in [5, 5.41) is 5.32. The molecule has 0 unspecified atom stereocenters. The minimum Gasteiger partial charge on any atom is -0.378 e. The number of morpholine rings is 1. The minimum atomic E-state index is -4.50. The number of aromatic nitrogens is 3. The summed E-state index contributed by atoms with van der Waals surface area (Å²) >= 11 is 0. The number of hydrogen-bond acceptors (Lipinski definition) is 6. The van der Waals surface area contributed by atoms with Crippen LogP contribution >= 0.6 is 0 Å². The average Bonchev–Trinajstić information content (AvgIpc) is 3.29. The van der Waals surface area contributed by atoms with Crippen molar-refractivity contribution < 1.29 is 32.3 Å². The van der Waals surface area contributed by atoms with Gasteiger partial charge in [0.25, 0.3) is 11.5 Å². The lowest BCUT2D eigenvalue weighted by Gasteiger charge is -2.27. The smallest absolute Gasteiger partial charge is 0.378 e. The number of rotatable bonds is 8. The van der Waals surface area contributed by atoms with Crippen molar-refractivity contribution in [2.24, 2.45) is 0 Å². The molecule has 47 heavy (non-hydrogen) atoms. The molecule has 1 fully saturated rings. The summed E-state index contributed by atoms with van der Waals surface area (Å²) in [6.45, 7) is 10.2. The van der Waals surface area contributed by atoms with Gasteiger partial charge in [-0.1, -0.05) is 19.6 Å². The highest BCUT2D eigenvalue weighted by molar-refractivity contribution is 6.04. The molecule has 1 saturated heterocycles. The van der Waals surface area contributed by atoms with E-state index in [2.05, 4.69) is 17.2 Å². The van der Waals surface area contributed by atoms with Crippen LogP contribution in [0.2, 0.25) is 0 Å². The first-order valence-corrected chi connectivity index (χ1v) is 14.9. The number of amides is 3. The maximum Gasteiger partial charge on any atom is 0.416 e. The summed E-state index contributed by atoms with van der Waals surface area (Å²) in [5.74, 6) is -1.11. The predicted octanol–water partition coefficient (Wildman–Crippen LogP) is 4.60. The molecule has 0 radical (unpaired) electrons. The van der Waals surface area contributed by atoms with Gasteiger partial charge in [0, 0.05) is 47.0 Å². The number of aryl methyl sites for hydroxylation is 2. The van der Waals surface area contributed by atoms with Crippen molar-refractivity contribution >= 4 is 34.9 Å². The lowest BCUT2D eigenvalue weighted by Crippen LogP contribution is -2.40. The lowest BCUT2D eigenvalue weighted by molar-refractivity contribution is -0.137. The number of carbonyl (C=O) groups excluding carboxylic acids is 3. The van der Waals surface area contributed by atoms with E-state index in [4.69, 9.17) is 9.72 Å². The molecule has 1 aliphatic heterocycles. The van der Waals surface area contributed by atoms with Gasteiger partial charge < -0.3 is 24.8 Å². The molecule has 0 saturated carbocycles. The van der Waals surface area contributed by atoms with Crippen LogP contribution in [0.4, 0.5) is 24.5 Å². The molecular formula is C33H33F3N6O5. The van der Waals surface area contributed by atoms with Crippen LogP contribution in [0.25, 0.3) is 16.9 Å². The largest absolute Gasteiger partial charge is 0.416 e. The molecular weight excluding hydrogens is 617 g/mol. The van der Waals surface area contributed by atoms with E-state index in [0.29, 0.717) is 60.9 Å². The van der Waals surface area contributed by atoms with E-state index in [1.54, 1.807) is 35.4 Å². The van der Waals surface area contributed by atoms with Crippen molar-refractivity contribution in [1.29, 1.82) is 0 Å². The molecule has 4 aromatic rings. The molecule has 0 aliphatic carbocycles. The fourth-order valence-electron chi connectivity index (χ4n) is 5.48. The molecule has 2 N–H and O–H groups in total. The van der Waals surface area contributed by atoms with Crippen LogP contribution in [0.3, 0.4) is 0 Å². The van der Waals surface area contributed by atoms with E-state index in [1.807, 2.05) is 6.92 Å². The van der Waals surface area contributed by atoms with E-state index in [9.17, 15) is 32.3 Å². The zero-order valence-electron chi connectivity index (χ0n) is 26.0. The Hall–Kier alpha value is -5.24. The standard InChI is InChI=1S/C33H33F3N6O5/c1-5-25-29(24-12-7-21(17-26(24)38-27(43)6-2)30(45)40-13-15-47-16-14-40)31(46)42-20(4)19(3)41(32(42)39-25)18-28(44)37-23-10-8-22(9-11-23)33(34,35)36/h6-12,17H,2,5,13-16,18H2,1,3-4H3,(H,37,44)(H,38,43). The van der Waals surface area contributed by atoms with Crippen LogP contribution in [0.1, 0.15) is 39.9 Å². The van der Waals surface area contributed by atoms with Gasteiger partial charge >= 0.3 is 6.18 Å². The van der Waals surface area contributed by atoms with Gasteiger partial charge in [0.05, 0.1) is 30.0 Å². The summed E-state index contributed by atoms with van der Waals surface area (Å²) in [7, 11) is 0. The summed E-state index contributed by atoms with van der Waals surface area (Å²) < 4.78 is 47.1. The topological polar surface area (TPSA) is 127 Å². The minimum absolute atomic E-state index is 0.181. The Labute approximate surface area is 267 Å². The first-order valence-electron chi connectivity index (χ1n) is 14.9. The van der Waals surface area contributed by atoms with Gasteiger partial charge in [-0.2, -0.15) is 13.2 Å². The quantitative estimate of drug-likeness (QED) is 0.269. The van der Waals surface area contributed by atoms with Gasteiger partial charge in [0.2, 0.25) is 17.6 Å². The second-order valence-corrected chi connectivity index (χ2v) is 11.0. The maximum absolute atomic E-state index is 14.3. The first-order chi connectivity index (χ1) is 22.3. The Morgan fingerprint density at radius 3 is 2.32 bits per heavy atom. The number of alkyl halides is 3. The molecule has 5 rings (SSSR count). The second kappa shape index (κ2) is 13.2. The zero-order valence-corrected chi connectivity index (χ0v) is 26.0. The molecule has 3 amide bonds. The molecule has 0 spiro atoms. The summed E-state index contributed by atoms with van der Waals surface area (Å²) in [5.41, 5.74) is 1.48. The number of ether oxygens (including phenoxy) is 1. The first kappa shape index (κ1) is 33.1. The van der Waals surface area contributed by atoms with Gasteiger partial charge in [0.1, 0.15) is 6.54 Å². The van der Waals surface area contributed by atoms with Gasteiger partial charge in [-0.3, -0.25) is 19.2 Å². The lowest BCUT2D eigenvalue weighted by atomic mass is 9.99. The van der Waals surface area contributed by atoms with Crippen LogP contribution < -0.4 is 16.2 Å². The number of nitrogens with zero attached hydrogens (tertiary/aromatic N) is 4.